The van der Waals surface area contributed by atoms with Gasteiger partial charge in [-0.1, -0.05) is 0 Å². The average molecular weight is 409 g/mol. The first-order chi connectivity index (χ1) is 12.5. The summed E-state index contributed by atoms with van der Waals surface area (Å²) in [6, 6.07) is 0.978. The molecule has 0 aliphatic carbocycles. The van der Waals surface area contributed by atoms with Crippen LogP contribution >= 0.6 is 0 Å². The van der Waals surface area contributed by atoms with Gasteiger partial charge < -0.3 is 10.4 Å². The summed E-state index contributed by atoms with van der Waals surface area (Å²) in [7, 11) is -4.39. The first kappa shape index (κ1) is 18.9. The Morgan fingerprint density at radius 3 is 2.67 bits per heavy atom. The van der Waals surface area contributed by atoms with E-state index in [1.165, 1.54) is 0 Å². The molecule has 1 saturated heterocycles. The van der Waals surface area contributed by atoms with Gasteiger partial charge >= 0.3 is 16.4 Å². The molecule has 0 bridgehead atoms. The van der Waals surface area contributed by atoms with Gasteiger partial charge in [-0.2, -0.15) is 21.6 Å². The molecule has 9 nitrogen and oxygen atoms in total. The summed E-state index contributed by atoms with van der Waals surface area (Å²) in [5.74, 6) is -3.29. The van der Waals surface area contributed by atoms with Crippen LogP contribution in [-0.4, -0.2) is 48.7 Å². The Bertz CT molecular complexity index is 1030. The molecule has 1 aliphatic heterocycles. The van der Waals surface area contributed by atoms with Gasteiger partial charge in [0.05, 0.1) is 6.42 Å². The molecule has 0 radical (unpaired) electrons. The Kier molecular flexibility index (Phi) is 4.45. The van der Waals surface area contributed by atoms with Gasteiger partial charge in [0.2, 0.25) is 5.95 Å². The zero-order chi connectivity index (χ0) is 20.0. The van der Waals surface area contributed by atoms with Crippen molar-refractivity contribution in [2.24, 2.45) is 0 Å². The van der Waals surface area contributed by atoms with Crippen molar-refractivity contribution in [2.45, 2.75) is 12.6 Å². The summed E-state index contributed by atoms with van der Waals surface area (Å²) in [4.78, 5) is 18.8. The van der Waals surface area contributed by atoms with E-state index >= 15 is 0 Å². The highest BCUT2D eigenvalue weighted by Crippen LogP contribution is 2.37. The number of hydrogen-bond acceptors (Lipinski definition) is 7. The van der Waals surface area contributed by atoms with Crippen molar-refractivity contribution in [3.63, 3.8) is 0 Å². The van der Waals surface area contributed by atoms with Crippen molar-refractivity contribution in [1.29, 1.82) is 0 Å². The van der Waals surface area contributed by atoms with Crippen LogP contribution < -0.4 is 14.3 Å². The quantitative estimate of drug-likeness (QED) is 0.644. The molecule has 1 fully saturated rings. The molecule has 14 heteroatoms. The Morgan fingerprint density at radius 2 is 2.07 bits per heavy atom. The van der Waals surface area contributed by atoms with E-state index in [4.69, 9.17) is 0 Å². The number of hydrogen-bond donors (Lipinski definition) is 3. The van der Waals surface area contributed by atoms with Crippen molar-refractivity contribution < 1.29 is 35.9 Å². The van der Waals surface area contributed by atoms with Gasteiger partial charge in [0.25, 0.3) is 5.91 Å². The molecule has 1 aliphatic rings. The van der Waals surface area contributed by atoms with Crippen molar-refractivity contribution >= 4 is 38.7 Å². The minimum Gasteiger partial charge on any atom is -0.506 e. The van der Waals surface area contributed by atoms with Crippen LogP contribution in [0.2, 0.25) is 0 Å². The van der Waals surface area contributed by atoms with Crippen LogP contribution in [0.5, 0.6) is 5.75 Å². The summed E-state index contributed by atoms with van der Waals surface area (Å²) >= 11 is 0. The van der Waals surface area contributed by atoms with E-state index in [0.717, 1.165) is 12.3 Å². The largest absolute Gasteiger partial charge is 0.506 e. The number of rotatable bonds is 4. The zero-order valence-corrected chi connectivity index (χ0v) is 14.0. The fraction of sp³-hybridized carbons (Fsp3) is 0.308. The second-order valence-electron chi connectivity index (χ2n) is 5.52. The lowest BCUT2D eigenvalue weighted by molar-refractivity contribution is -0.131. The van der Waals surface area contributed by atoms with E-state index in [2.05, 4.69) is 15.3 Å². The molecule has 2 aromatic rings. The van der Waals surface area contributed by atoms with Gasteiger partial charge in [0.1, 0.15) is 23.5 Å². The Hall–Kier alpha value is -2.90. The van der Waals surface area contributed by atoms with E-state index in [9.17, 15) is 35.9 Å². The van der Waals surface area contributed by atoms with Crippen molar-refractivity contribution in [1.82, 2.24) is 14.7 Å². The number of benzene rings is 1. The van der Waals surface area contributed by atoms with Crippen LogP contribution in [0.4, 0.5) is 29.2 Å². The van der Waals surface area contributed by atoms with Gasteiger partial charge in [-0.3, -0.25) is 4.79 Å². The van der Waals surface area contributed by atoms with Crippen LogP contribution in [-0.2, 0) is 15.0 Å². The first-order valence-electron chi connectivity index (χ1n) is 7.30. The normalized spacial score (nSPS) is 16.6. The number of carbonyl (C=O) groups is 1. The van der Waals surface area contributed by atoms with Gasteiger partial charge in [0, 0.05) is 18.1 Å². The van der Waals surface area contributed by atoms with Crippen LogP contribution in [0, 0.1) is 5.82 Å². The molecule has 2 heterocycles. The standard InChI is InChI=1S/C13H11F4N5O4S/c14-9-10-6(4-19-12(20-10)18-2-1-13(15,16)17)3-7(23)11(9)22-5-8(24)21-27(22,25)26/h3-4,23H,1-2,5H2,(H,21,24)(H,18,19,20). The summed E-state index contributed by atoms with van der Waals surface area (Å²) in [6.45, 7) is -1.30. The highest BCUT2D eigenvalue weighted by molar-refractivity contribution is 7.92. The zero-order valence-electron chi connectivity index (χ0n) is 13.2. The average Bonchev–Trinajstić information content (AvgIpc) is 2.79. The molecule has 0 spiro atoms. The topological polar surface area (TPSA) is 125 Å². The maximum absolute atomic E-state index is 14.8. The fourth-order valence-corrected chi connectivity index (χ4v) is 3.56. The molecule has 1 amide bonds. The smallest absolute Gasteiger partial charge is 0.390 e. The van der Waals surface area contributed by atoms with E-state index in [-0.39, 0.29) is 11.3 Å². The molecule has 0 unspecified atom stereocenters. The van der Waals surface area contributed by atoms with Crippen molar-refractivity contribution in [3.8, 4) is 5.75 Å². The Morgan fingerprint density at radius 1 is 1.37 bits per heavy atom. The predicted molar refractivity (Wildman–Crippen MR) is 84.7 cm³/mol. The summed E-state index contributed by atoms with van der Waals surface area (Å²) in [6.07, 6.45) is -4.53. The molecule has 3 N–H and O–H groups in total. The summed E-state index contributed by atoms with van der Waals surface area (Å²) in [5, 5.41) is 12.2. The maximum atomic E-state index is 14.8. The van der Waals surface area contributed by atoms with Crippen molar-refractivity contribution in [3.05, 3.63) is 18.1 Å². The number of alkyl halides is 3. The van der Waals surface area contributed by atoms with Gasteiger partial charge in [0.15, 0.2) is 5.82 Å². The lowest BCUT2D eigenvalue weighted by atomic mass is 10.2. The monoisotopic (exact) mass is 409 g/mol. The number of aromatic hydroxyl groups is 1. The van der Waals surface area contributed by atoms with Crippen molar-refractivity contribution in [2.75, 3.05) is 22.7 Å². The maximum Gasteiger partial charge on any atom is 0.390 e. The Balaban J connectivity index is 2.00. The molecule has 0 atom stereocenters. The number of nitrogens with zero attached hydrogens (tertiary/aromatic N) is 3. The van der Waals surface area contributed by atoms with Crippen LogP contribution in [0.1, 0.15) is 6.42 Å². The second kappa shape index (κ2) is 6.37. The third-order valence-corrected chi connectivity index (χ3v) is 4.91. The molecule has 27 heavy (non-hydrogen) atoms. The lowest BCUT2D eigenvalue weighted by Crippen LogP contribution is -2.30. The molecular formula is C13H11F4N5O4S. The highest BCUT2D eigenvalue weighted by atomic mass is 32.2. The molecule has 146 valence electrons. The van der Waals surface area contributed by atoms with Gasteiger partial charge in [-0.05, 0) is 6.07 Å². The van der Waals surface area contributed by atoms with E-state index in [0.29, 0.717) is 4.31 Å². The fourth-order valence-electron chi connectivity index (χ4n) is 2.40. The Labute approximate surface area is 149 Å². The minimum absolute atomic E-state index is 0.0222. The van der Waals surface area contributed by atoms with Crippen LogP contribution in [0.3, 0.4) is 0 Å². The first-order valence-corrected chi connectivity index (χ1v) is 8.74. The number of anilines is 2. The van der Waals surface area contributed by atoms with Crippen LogP contribution in [0.25, 0.3) is 10.9 Å². The van der Waals surface area contributed by atoms with Gasteiger partial charge in [-0.15, -0.1) is 0 Å². The number of phenols is 1. The van der Waals surface area contributed by atoms with Crippen LogP contribution in [0.15, 0.2) is 12.3 Å². The number of carbonyl (C=O) groups excluding carboxylic acids is 1. The third-order valence-electron chi connectivity index (χ3n) is 3.53. The number of amides is 1. The van der Waals surface area contributed by atoms with E-state index in [1.807, 2.05) is 0 Å². The summed E-state index contributed by atoms with van der Waals surface area (Å²) in [5.41, 5.74) is -1.25. The number of halogens is 4. The third kappa shape index (κ3) is 3.79. The van der Waals surface area contributed by atoms with Gasteiger partial charge in [-0.25, -0.2) is 23.4 Å². The summed E-state index contributed by atoms with van der Waals surface area (Å²) < 4.78 is 77.1. The number of nitrogens with one attached hydrogen (secondary N) is 2. The second-order valence-corrected chi connectivity index (χ2v) is 7.11. The lowest BCUT2D eigenvalue weighted by Gasteiger charge is -2.18. The minimum atomic E-state index is -4.41. The number of phenolic OH excluding ortho intramolecular Hbond substituents is 1. The SMILES string of the molecule is O=C1CN(c2c(O)cc3cnc(NCCC(F)(F)F)nc3c2F)S(=O)(=O)N1. The molecule has 3 rings (SSSR count). The predicted octanol–water partition coefficient (Wildman–Crippen LogP) is 1.02. The highest BCUT2D eigenvalue weighted by Gasteiger charge is 2.38. The molecular weight excluding hydrogens is 398 g/mol. The van der Waals surface area contributed by atoms with E-state index < -0.39 is 64.6 Å². The number of aromatic nitrogens is 2. The van der Waals surface area contributed by atoms with E-state index in [1.54, 1.807) is 4.72 Å². The molecule has 1 aromatic heterocycles. The molecule has 0 saturated carbocycles. The molecule has 1 aromatic carbocycles. The number of fused-ring (bicyclic) bond motifs is 1.